The third-order valence-electron chi connectivity index (χ3n) is 4.23. The summed E-state index contributed by atoms with van der Waals surface area (Å²) in [7, 11) is 0. The minimum absolute atomic E-state index is 0.0459. The third-order valence-corrected chi connectivity index (χ3v) is 4.23. The lowest BCUT2D eigenvalue weighted by molar-refractivity contribution is -0.145. The van der Waals surface area contributed by atoms with Gasteiger partial charge in [-0.05, 0) is 49.2 Å². The largest absolute Gasteiger partial charge is 0.482 e. The fraction of sp³-hybridized carbons (Fsp3) is 0.500. The van der Waals surface area contributed by atoms with Gasteiger partial charge in [-0.15, -0.1) is 10.2 Å². The highest BCUT2D eigenvalue weighted by molar-refractivity contribution is 5.75. The van der Waals surface area contributed by atoms with Crippen molar-refractivity contribution < 1.29 is 19.1 Å². The van der Waals surface area contributed by atoms with Gasteiger partial charge in [-0.25, -0.2) is 4.79 Å². The molecule has 1 saturated carbocycles. The summed E-state index contributed by atoms with van der Waals surface area (Å²) in [5, 5.41) is 15.2. The van der Waals surface area contributed by atoms with Crippen molar-refractivity contribution in [3.8, 4) is 17.1 Å². The highest BCUT2D eigenvalue weighted by Crippen LogP contribution is 2.19. The smallest absolute Gasteiger partial charge is 0.344 e. The maximum Gasteiger partial charge on any atom is 0.344 e. The highest BCUT2D eigenvalue weighted by Gasteiger charge is 2.18. The van der Waals surface area contributed by atoms with Crippen LogP contribution >= 0.6 is 0 Å². The van der Waals surface area contributed by atoms with Crippen molar-refractivity contribution in [2.24, 2.45) is 0 Å². The first-order valence-electron chi connectivity index (χ1n) is 9.10. The zero-order valence-corrected chi connectivity index (χ0v) is 15.3. The number of nitrogens with zero attached hydrogens (tertiary/aromatic N) is 4. The summed E-state index contributed by atoms with van der Waals surface area (Å²) in [6.45, 7) is 1.97. The number of esters is 1. The predicted octanol–water partition coefficient (Wildman–Crippen LogP) is 1.34. The molecule has 1 aromatic heterocycles. The Balaban J connectivity index is 1.52. The van der Waals surface area contributed by atoms with E-state index in [-0.39, 0.29) is 25.1 Å². The lowest BCUT2D eigenvalue weighted by Gasteiger charge is -2.10. The minimum Gasteiger partial charge on any atom is -0.482 e. The first kappa shape index (κ1) is 18.8. The number of tetrazole rings is 1. The number of rotatable bonds is 8. The molecular formula is C18H23N5O4. The van der Waals surface area contributed by atoms with Gasteiger partial charge in [-0.1, -0.05) is 12.8 Å². The summed E-state index contributed by atoms with van der Waals surface area (Å²) in [5.41, 5.74) is 0.737. The van der Waals surface area contributed by atoms with Gasteiger partial charge < -0.3 is 14.8 Å². The van der Waals surface area contributed by atoms with E-state index in [1.807, 2.05) is 0 Å². The average molecular weight is 373 g/mol. The van der Waals surface area contributed by atoms with E-state index in [1.165, 1.54) is 4.80 Å². The fourth-order valence-electron chi connectivity index (χ4n) is 2.94. The van der Waals surface area contributed by atoms with Crippen LogP contribution in [0.5, 0.6) is 5.75 Å². The molecule has 9 heteroatoms. The second-order valence-corrected chi connectivity index (χ2v) is 6.31. The molecule has 0 radical (unpaired) electrons. The minimum atomic E-state index is -0.415. The van der Waals surface area contributed by atoms with Crippen molar-refractivity contribution in [3.63, 3.8) is 0 Å². The normalized spacial score (nSPS) is 14.1. The van der Waals surface area contributed by atoms with Crippen molar-refractivity contribution >= 4 is 11.9 Å². The summed E-state index contributed by atoms with van der Waals surface area (Å²) in [5.74, 6) is 0.436. The van der Waals surface area contributed by atoms with Gasteiger partial charge in [0.1, 0.15) is 12.3 Å². The number of carbonyl (C=O) groups is 2. The van der Waals surface area contributed by atoms with Gasteiger partial charge in [0.25, 0.3) is 0 Å². The molecule has 0 bridgehead atoms. The molecular weight excluding hydrogens is 350 g/mol. The van der Waals surface area contributed by atoms with Crippen LogP contribution in [0.15, 0.2) is 24.3 Å². The molecule has 0 unspecified atom stereocenters. The van der Waals surface area contributed by atoms with Crippen LogP contribution in [0.3, 0.4) is 0 Å². The molecule has 9 nitrogen and oxygen atoms in total. The molecule has 1 amide bonds. The number of nitrogens with one attached hydrogen (secondary N) is 1. The van der Waals surface area contributed by atoms with Gasteiger partial charge in [-0.2, -0.15) is 4.80 Å². The molecule has 3 rings (SSSR count). The zero-order chi connectivity index (χ0) is 19.1. The van der Waals surface area contributed by atoms with E-state index < -0.39 is 5.97 Å². The second-order valence-electron chi connectivity index (χ2n) is 6.31. The molecule has 1 fully saturated rings. The molecule has 1 aliphatic rings. The van der Waals surface area contributed by atoms with Crippen molar-refractivity contribution in [2.45, 2.75) is 45.2 Å². The summed E-state index contributed by atoms with van der Waals surface area (Å²) >= 11 is 0. The maximum absolute atomic E-state index is 12.0. The zero-order valence-electron chi connectivity index (χ0n) is 15.3. The number of benzene rings is 1. The Hall–Kier alpha value is -2.97. The first-order valence-corrected chi connectivity index (χ1v) is 9.10. The van der Waals surface area contributed by atoms with Gasteiger partial charge in [0.05, 0.1) is 6.61 Å². The third kappa shape index (κ3) is 5.50. The molecule has 0 spiro atoms. The Bertz CT molecular complexity index is 768. The van der Waals surface area contributed by atoms with Crippen LogP contribution in [-0.2, 0) is 20.9 Å². The van der Waals surface area contributed by atoms with E-state index in [1.54, 1.807) is 31.2 Å². The van der Waals surface area contributed by atoms with E-state index in [4.69, 9.17) is 9.47 Å². The quantitative estimate of drug-likeness (QED) is 0.696. The lowest BCUT2D eigenvalue weighted by Crippen LogP contribution is -2.35. The Labute approximate surface area is 157 Å². The van der Waals surface area contributed by atoms with Gasteiger partial charge in [0, 0.05) is 11.6 Å². The van der Waals surface area contributed by atoms with Gasteiger partial charge in [-0.3, -0.25) is 4.79 Å². The number of hydrogen-bond acceptors (Lipinski definition) is 7. The molecule has 1 aliphatic carbocycles. The molecule has 2 aromatic rings. The van der Waals surface area contributed by atoms with E-state index in [0.717, 1.165) is 31.2 Å². The van der Waals surface area contributed by atoms with Crippen LogP contribution in [0.4, 0.5) is 0 Å². The number of amides is 1. The summed E-state index contributed by atoms with van der Waals surface area (Å²) in [4.78, 5) is 24.6. The standard InChI is InChI=1S/C18H23N5O4/c1-2-26-17(25)12-27-15-9-7-13(8-10-15)18-20-22-23(21-18)11-16(24)19-14-5-3-4-6-14/h7-10,14H,2-6,11-12H2,1H3,(H,19,24). The van der Waals surface area contributed by atoms with Crippen LogP contribution < -0.4 is 10.1 Å². The highest BCUT2D eigenvalue weighted by atomic mass is 16.6. The molecule has 0 atom stereocenters. The first-order chi connectivity index (χ1) is 13.1. The number of ether oxygens (including phenoxy) is 2. The maximum atomic E-state index is 12.0. The van der Waals surface area contributed by atoms with E-state index in [0.29, 0.717) is 18.2 Å². The summed E-state index contributed by atoms with van der Waals surface area (Å²) in [6, 6.07) is 7.22. The van der Waals surface area contributed by atoms with Gasteiger partial charge in [0.2, 0.25) is 11.7 Å². The topological polar surface area (TPSA) is 108 Å². The van der Waals surface area contributed by atoms with Gasteiger partial charge >= 0.3 is 5.97 Å². The molecule has 1 aromatic carbocycles. The Kier molecular flexibility index (Phi) is 6.35. The molecule has 144 valence electrons. The summed E-state index contributed by atoms with van der Waals surface area (Å²) in [6.07, 6.45) is 4.39. The van der Waals surface area contributed by atoms with Crippen LogP contribution in [-0.4, -0.2) is 51.3 Å². The Morgan fingerprint density at radius 1 is 1.22 bits per heavy atom. The number of aromatic nitrogens is 4. The Morgan fingerprint density at radius 2 is 1.96 bits per heavy atom. The number of hydrogen-bond donors (Lipinski definition) is 1. The van der Waals surface area contributed by atoms with Crippen molar-refractivity contribution in [1.82, 2.24) is 25.5 Å². The van der Waals surface area contributed by atoms with E-state index in [2.05, 4.69) is 20.7 Å². The van der Waals surface area contributed by atoms with Crippen LogP contribution in [0.25, 0.3) is 11.4 Å². The van der Waals surface area contributed by atoms with Crippen LogP contribution in [0.1, 0.15) is 32.6 Å². The average Bonchev–Trinajstić information content (AvgIpc) is 3.33. The van der Waals surface area contributed by atoms with Crippen LogP contribution in [0, 0.1) is 0 Å². The van der Waals surface area contributed by atoms with E-state index >= 15 is 0 Å². The molecule has 27 heavy (non-hydrogen) atoms. The monoisotopic (exact) mass is 373 g/mol. The number of carbonyl (C=O) groups excluding carboxylic acids is 2. The van der Waals surface area contributed by atoms with Crippen molar-refractivity contribution in [3.05, 3.63) is 24.3 Å². The van der Waals surface area contributed by atoms with E-state index in [9.17, 15) is 9.59 Å². The summed E-state index contributed by atoms with van der Waals surface area (Å²) < 4.78 is 10.1. The fourth-order valence-corrected chi connectivity index (χ4v) is 2.94. The lowest BCUT2D eigenvalue weighted by atomic mass is 10.2. The van der Waals surface area contributed by atoms with Crippen molar-refractivity contribution in [1.29, 1.82) is 0 Å². The second kappa shape index (κ2) is 9.11. The predicted molar refractivity (Wildman–Crippen MR) is 95.8 cm³/mol. The van der Waals surface area contributed by atoms with Crippen LogP contribution in [0.2, 0.25) is 0 Å². The molecule has 0 saturated heterocycles. The SMILES string of the molecule is CCOC(=O)COc1ccc(-c2nnn(CC(=O)NC3CCCC3)n2)cc1. The molecule has 1 heterocycles. The molecule has 0 aliphatic heterocycles. The Morgan fingerprint density at radius 3 is 2.67 bits per heavy atom. The van der Waals surface area contributed by atoms with Gasteiger partial charge in [0.15, 0.2) is 6.61 Å². The van der Waals surface area contributed by atoms with Crippen molar-refractivity contribution in [2.75, 3.05) is 13.2 Å². The molecule has 1 N–H and O–H groups in total.